The molecule has 0 spiro atoms. The molecule has 2 aromatic rings. The van der Waals surface area contributed by atoms with E-state index in [2.05, 4.69) is 27.9 Å². The highest BCUT2D eigenvalue weighted by Crippen LogP contribution is 2.19. The number of carbonyl (C=O) groups is 2. The number of carbonyl (C=O) groups excluding carboxylic acids is 2. The number of nitrogens with zero attached hydrogens (tertiary/aromatic N) is 1. The molecule has 0 aliphatic carbocycles. The number of hydrogen-bond donors (Lipinski definition) is 1. The SMILES string of the molecule is CCc1ccccc1NC(=O)CN(C)C(=O)c1ccc(Cl)cc1I. The highest BCUT2D eigenvalue weighted by Gasteiger charge is 2.18. The van der Waals surface area contributed by atoms with Gasteiger partial charge >= 0.3 is 0 Å². The van der Waals surface area contributed by atoms with Crippen molar-refractivity contribution in [2.24, 2.45) is 0 Å². The van der Waals surface area contributed by atoms with Crippen molar-refractivity contribution in [3.05, 3.63) is 62.2 Å². The van der Waals surface area contributed by atoms with Crippen LogP contribution in [0.15, 0.2) is 42.5 Å². The third-order valence-electron chi connectivity index (χ3n) is 3.56. The van der Waals surface area contributed by atoms with Crippen LogP contribution in [0.1, 0.15) is 22.8 Å². The molecule has 6 heteroatoms. The van der Waals surface area contributed by atoms with Gasteiger partial charge in [0.1, 0.15) is 0 Å². The average Bonchev–Trinajstić information content (AvgIpc) is 2.54. The fraction of sp³-hybridized carbons (Fsp3) is 0.222. The summed E-state index contributed by atoms with van der Waals surface area (Å²) in [5, 5.41) is 3.44. The van der Waals surface area contributed by atoms with Gasteiger partial charge in [0.15, 0.2) is 0 Å². The number of aryl methyl sites for hydroxylation is 1. The Kier molecular flexibility index (Phi) is 6.62. The van der Waals surface area contributed by atoms with Crippen molar-refractivity contribution in [2.75, 3.05) is 18.9 Å². The molecule has 2 rings (SSSR count). The van der Waals surface area contributed by atoms with E-state index >= 15 is 0 Å². The highest BCUT2D eigenvalue weighted by atomic mass is 127. The molecule has 24 heavy (non-hydrogen) atoms. The van der Waals surface area contributed by atoms with E-state index in [-0.39, 0.29) is 18.4 Å². The van der Waals surface area contributed by atoms with Crippen LogP contribution in [-0.2, 0) is 11.2 Å². The summed E-state index contributed by atoms with van der Waals surface area (Å²) in [6.07, 6.45) is 0.828. The largest absolute Gasteiger partial charge is 0.332 e. The van der Waals surface area contributed by atoms with Crippen LogP contribution in [0, 0.1) is 3.57 Å². The maximum absolute atomic E-state index is 12.5. The second kappa shape index (κ2) is 8.48. The molecule has 4 nitrogen and oxygen atoms in total. The fourth-order valence-corrected chi connectivity index (χ4v) is 3.40. The van der Waals surface area contributed by atoms with Crippen LogP contribution in [0.5, 0.6) is 0 Å². The lowest BCUT2D eigenvalue weighted by molar-refractivity contribution is -0.116. The fourth-order valence-electron chi connectivity index (χ4n) is 2.30. The van der Waals surface area contributed by atoms with Crippen molar-refractivity contribution in [3.8, 4) is 0 Å². The van der Waals surface area contributed by atoms with Gasteiger partial charge in [0.05, 0.1) is 12.1 Å². The summed E-state index contributed by atoms with van der Waals surface area (Å²) in [5.74, 6) is -0.439. The number of nitrogens with one attached hydrogen (secondary N) is 1. The molecule has 0 saturated carbocycles. The standard InChI is InChI=1S/C18H18ClIN2O2/c1-3-12-6-4-5-7-16(12)21-17(23)11-22(2)18(24)14-9-8-13(19)10-15(14)20/h4-10H,3,11H2,1-2H3,(H,21,23). The van der Waals surface area contributed by atoms with Gasteiger partial charge in [-0.3, -0.25) is 9.59 Å². The van der Waals surface area contributed by atoms with Crippen molar-refractivity contribution in [1.29, 1.82) is 0 Å². The minimum absolute atomic E-state index is 0.0183. The lowest BCUT2D eigenvalue weighted by atomic mass is 10.1. The molecular weight excluding hydrogens is 439 g/mol. The molecule has 2 aromatic carbocycles. The first-order chi connectivity index (χ1) is 11.4. The molecule has 0 aromatic heterocycles. The van der Waals surface area contributed by atoms with Crippen molar-refractivity contribution >= 4 is 51.7 Å². The van der Waals surface area contributed by atoms with Gasteiger partial charge in [-0.25, -0.2) is 0 Å². The van der Waals surface area contributed by atoms with Crippen molar-refractivity contribution in [3.63, 3.8) is 0 Å². The highest BCUT2D eigenvalue weighted by molar-refractivity contribution is 14.1. The third-order valence-corrected chi connectivity index (χ3v) is 4.69. The first kappa shape index (κ1) is 18.7. The summed E-state index contributed by atoms with van der Waals surface area (Å²) in [6, 6.07) is 12.7. The number of amides is 2. The molecule has 1 N–H and O–H groups in total. The van der Waals surface area contributed by atoms with E-state index in [1.54, 1.807) is 25.2 Å². The summed E-state index contributed by atoms with van der Waals surface area (Å²) >= 11 is 7.97. The van der Waals surface area contributed by atoms with Gasteiger partial charge < -0.3 is 10.2 Å². The molecule has 0 unspecified atom stereocenters. The van der Waals surface area contributed by atoms with Crippen LogP contribution in [0.2, 0.25) is 5.02 Å². The van der Waals surface area contributed by atoms with Crippen LogP contribution >= 0.6 is 34.2 Å². The van der Waals surface area contributed by atoms with Crippen LogP contribution < -0.4 is 5.32 Å². The van der Waals surface area contributed by atoms with E-state index in [0.29, 0.717) is 10.6 Å². The zero-order valence-corrected chi connectivity index (χ0v) is 16.4. The molecule has 0 aliphatic heterocycles. The molecule has 126 valence electrons. The van der Waals surface area contributed by atoms with Crippen molar-refractivity contribution < 1.29 is 9.59 Å². The number of benzene rings is 2. The smallest absolute Gasteiger partial charge is 0.255 e. The number of hydrogen-bond acceptors (Lipinski definition) is 2. The molecule has 0 heterocycles. The Bertz CT molecular complexity index is 764. The van der Waals surface area contributed by atoms with E-state index in [0.717, 1.165) is 21.2 Å². The van der Waals surface area contributed by atoms with Gasteiger partial charge in [-0.05, 0) is 58.8 Å². The van der Waals surface area contributed by atoms with E-state index in [4.69, 9.17) is 11.6 Å². The second-order valence-corrected chi connectivity index (χ2v) is 6.94. The second-order valence-electron chi connectivity index (χ2n) is 5.34. The van der Waals surface area contributed by atoms with Gasteiger partial charge in [0, 0.05) is 21.3 Å². The van der Waals surface area contributed by atoms with Crippen LogP contribution in [0.3, 0.4) is 0 Å². The maximum atomic E-state index is 12.5. The molecule has 2 amide bonds. The van der Waals surface area contributed by atoms with E-state index in [1.165, 1.54) is 4.90 Å². The summed E-state index contributed by atoms with van der Waals surface area (Å²) in [7, 11) is 1.61. The maximum Gasteiger partial charge on any atom is 0.255 e. The predicted molar refractivity (Wildman–Crippen MR) is 106 cm³/mol. The molecule has 0 atom stereocenters. The number of anilines is 1. The van der Waals surface area contributed by atoms with E-state index < -0.39 is 0 Å². The molecule has 0 saturated heterocycles. The Balaban J connectivity index is 2.04. The van der Waals surface area contributed by atoms with Gasteiger partial charge in [0.25, 0.3) is 5.91 Å². The Morgan fingerprint density at radius 3 is 2.58 bits per heavy atom. The minimum atomic E-state index is -0.226. The lowest BCUT2D eigenvalue weighted by Crippen LogP contribution is -2.35. The van der Waals surface area contributed by atoms with Gasteiger partial charge in [0.2, 0.25) is 5.91 Å². The molecular formula is C18H18ClIN2O2. The van der Waals surface area contributed by atoms with Crippen molar-refractivity contribution in [1.82, 2.24) is 4.90 Å². The normalized spacial score (nSPS) is 10.3. The Labute approximate surface area is 160 Å². The van der Waals surface area contributed by atoms with Crippen molar-refractivity contribution in [2.45, 2.75) is 13.3 Å². The number of likely N-dealkylation sites (N-methyl/N-ethyl adjacent to an activating group) is 1. The summed E-state index contributed by atoms with van der Waals surface area (Å²) in [6.45, 7) is 2.01. The average molecular weight is 457 g/mol. The zero-order chi connectivity index (χ0) is 17.7. The summed E-state index contributed by atoms with van der Waals surface area (Å²) in [5.41, 5.74) is 2.38. The third kappa shape index (κ3) is 4.70. The molecule has 0 bridgehead atoms. The molecule has 0 radical (unpaired) electrons. The topological polar surface area (TPSA) is 49.4 Å². The number of halogens is 2. The Morgan fingerprint density at radius 1 is 1.21 bits per heavy atom. The summed E-state index contributed by atoms with van der Waals surface area (Å²) < 4.78 is 0.758. The minimum Gasteiger partial charge on any atom is -0.332 e. The monoisotopic (exact) mass is 456 g/mol. The van der Waals surface area contributed by atoms with Gasteiger partial charge in [-0.2, -0.15) is 0 Å². The lowest BCUT2D eigenvalue weighted by Gasteiger charge is -2.18. The quantitative estimate of drug-likeness (QED) is 0.685. The predicted octanol–water partition coefficient (Wildman–Crippen LogP) is 4.22. The van der Waals surface area contributed by atoms with E-state index in [9.17, 15) is 9.59 Å². The van der Waals surface area contributed by atoms with Crippen LogP contribution in [0.25, 0.3) is 0 Å². The van der Waals surface area contributed by atoms with Gasteiger partial charge in [-0.1, -0.05) is 36.7 Å². The Hall–Kier alpha value is -1.60. The first-order valence-electron chi connectivity index (χ1n) is 7.50. The van der Waals surface area contributed by atoms with E-state index in [1.807, 2.05) is 31.2 Å². The molecule has 0 fully saturated rings. The van der Waals surface area contributed by atoms with Crippen LogP contribution in [-0.4, -0.2) is 30.3 Å². The molecule has 0 aliphatic rings. The van der Waals surface area contributed by atoms with Crippen LogP contribution in [0.4, 0.5) is 5.69 Å². The Morgan fingerprint density at radius 2 is 1.92 bits per heavy atom. The van der Waals surface area contributed by atoms with Gasteiger partial charge in [-0.15, -0.1) is 0 Å². The first-order valence-corrected chi connectivity index (χ1v) is 8.96. The zero-order valence-electron chi connectivity index (χ0n) is 13.5. The number of para-hydroxylation sites is 1. The number of rotatable bonds is 5. The summed E-state index contributed by atoms with van der Waals surface area (Å²) in [4.78, 5) is 26.1.